The number of rotatable bonds is 4. The van der Waals surface area contributed by atoms with Gasteiger partial charge >= 0.3 is 0 Å². The minimum atomic E-state index is 0.362. The molecule has 0 saturated carbocycles. The average molecular weight is 285 g/mol. The van der Waals surface area contributed by atoms with Crippen LogP contribution in [-0.2, 0) is 6.42 Å². The maximum Gasteiger partial charge on any atom is 0.0948 e. The molecule has 2 aromatic rings. The molecule has 2 aromatic heterocycles. The van der Waals surface area contributed by atoms with Crippen molar-refractivity contribution < 1.29 is 0 Å². The van der Waals surface area contributed by atoms with E-state index in [0.29, 0.717) is 12.0 Å². The molecule has 3 rings (SSSR count). The van der Waals surface area contributed by atoms with Gasteiger partial charge in [0.05, 0.1) is 17.6 Å². The molecule has 1 aliphatic heterocycles. The van der Waals surface area contributed by atoms with Crippen LogP contribution in [0.1, 0.15) is 38.4 Å². The molecular weight excluding hydrogens is 262 g/mol. The van der Waals surface area contributed by atoms with Gasteiger partial charge in [-0.2, -0.15) is 5.10 Å². The molecule has 0 spiro atoms. The van der Waals surface area contributed by atoms with E-state index in [1.165, 1.54) is 12.8 Å². The first-order valence-corrected chi connectivity index (χ1v) is 7.79. The Kier molecular flexibility index (Phi) is 4.29. The summed E-state index contributed by atoms with van der Waals surface area (Å²) in [6, 6.07) is 0.362. The van der Waals surface area contributed by atoms with Crippen molar-refractivity contribution in [2.75, 3.05) is 13.1 Å². The summed E-state index contributed by atoms with van der Waals surface area (Å²) < 4.78 is 1.97. The molecule has 0 bridgehead atoms. The Labute approximate surface area is 125 Å². The zero-order valence-corrected chi connectivity index (χ0v) is 12.8. The molecule has 5 heteroatoms. The third-order valence-electron chi connectivity index (χ3n) is 4.06. The number of nitrogens with one attached hydrogen (secondary N) is 1. The molecule has 1 fully saturated rings. The van der Waals surface area contributed by atoms with E-state index >= 15 is 0 Å². The Morgan fingerprint density at radius 2 is 2.19 bits per heavy atom. The quantitative estimate of drug-likeness (QED) is 0.937. The lowest BCUT2D eigenvalue weighted by Gasteiger charge is -2.22. The second-order valence-electron chi connectivity index (χ2n) is 6.07. The second-order valence-corrected chi connectivity index (χ2v) is 6.07. The molecule has 3 heterocycles. The van der Waals surface area contributed by atoms with Crippen molar-refractivity contribution in [1.82, 2.24) is 25.1 Å². The van der Waals surface area contributed by atoms with Crippen molar-refractivity contribution in [2.24, 2.45) is 5.92 Å². The van der Waals surface area contributed by atoms with E-state index in [2.05, 4.69) is 40.4 Å². The summed E-state index contributed by atoms with van der Waals surface area (Å²) >= 11 is 0. The first-order valence-electron chi connectivity index (χ1n) is 7.79. The van der Waals surface area contributed by atoms with Gasteiger partial charge in [-0.1, -0.05) is 0 Å². The molecule has 0 radical (unpaired) electrons. The Morgan fingerprint density at radius 3 is 2.90 bits per heavy atom. The fourth-order valence-corrected chi connectivity index (χ4v) is 2.87. The van der Waals surface area contributed by atoms with Crippen LogP contribution in [0, 0.1) is 5.92 Å². The number of hydrogen-bond acceptors (Lipinski definition) is 4. The van der Waals surface area contributed by atoms with Crippen LogP contribution in [0.15, 0.2) is 24.8 Å². The minimum Gasteiger partial charge on any atom is -0.316 e. The predicted molar refractivity (Wildman–Crippen MR) is 82.9 cm³/mol. The molecule has 112 valence electrons. The van der Waals surface area contributed by atoms with E-state index in [1.54, 1.807) is 12.4 Å². The normalized spacial score (nSPS) is 19.1. The predicted octanol–water partition coefficient (Wildman–Crippen LogP) is 2.46. The van der Waals surface area contributed by atoms with E-state index in [-0.39, 0.29) is 0 Å². The summed E-state index contributed by atoms with van der Waals surface area (Å²) in [7, 11) is 0. The van der Waals surface area contributed by atoms with Crippen LogP contribution in [0.4, 0.5) is 0 Å². The standard InChI is InChI=1S/C16H23N5/c1-12(2)21-11-14(10-20-21)16-15(18-6-7-19-16)8-13-4-3-5-17-9-13/h6-7,10-13,17H,3-5,8-9H2,1-2H3. The highest BCUT2D eigenvalue weighted by Crippen LogP contribution is 2.24. The summed E-state index contributed by atoms with van der Waals surface area (Å²) in [4.78, 5) is 9.13. The van der Waals surface area contributed by atoms with Gasteiger partial charge in [0, 0.05) is 30.2 Å². The number of aromatic nitrogens is 4. The SMILES string of the molecule is CC(C)n1cc(-c2nccnc2CC2CCCNC2)cn1. The van der Waals surface area contributed by atoms with Gasteiger partial charge in [0.1, 0.15) is 0 Å². The van der Waals surface area contributed by atoms with E-state index in [9.17, 15) is 0 Å². The zero-order valence-electron chi connectivity index (χ0n) is 12.8. The lowest BCUT2D eigenvalue weighted by molar-refractivity contribution is 0.373. The third kappa shape index (κ3) is 3.29. The van der Waals surface area contributed by atoms with Gasteiger partial charge < -0.3 is 5.32 Å². The maximum absolute atomic E-state index is 4.58. The van der Waals surface area contributed by atoms with Crippen LogP contribution in [0.2, 0.25) is 0 Å². The van der Waals surface area contributed by atoms with Crippen molar-refractivity contribution >= 4 is 0 Å². The van der Waals surface area contributed by atoms with Gasteiger partial charge in [0.2, 0.25) is 0 Å². The largest absolute Gasteiger partial charge is 0.316 e. The lowest BCUT2D eigenvalue weighted by atomic mass is 9.93. The number of nitrogens with zero attached hydrogens (tertiary/aromatic N) is 4. The fourth-order valence-electron chi connectivity index (χ4n) is 2.87. The van der Waals surface area contributed by atoms with Crippen molar-refractivity contribution in [3.8, 4) is 11.3 Å². The number of piperidine rings is 1. The van der Waals surface area contributed by atoms with Crippen LogP contribution < -0.4 is 5.32 Å². The molecule has 1 atom stereocenters. The van der Waals surface area contributed by atoms with Gasteiger partial charge in [0.25, 0.3) is 0 Å². The van der Waals surface area contributed by atoms with E-state index in [4.69, 9.17) is 0 Å². The number of hydrogen-bond donors (Lipinski definition) is 1. The molecule has 0 amide bonds. The lowest BCUT2D eigenvalue weighted by Crippen LogP contribution is -2.31. The molecule has 1 saturated heterocycles. The topological polar surface area (TPSA) is 55.6 Å². The van der Waals surface area contributed by atoms with Gasteiger partial charge in [-0.3, -0.25) is 14.6 Å². The molecule has 0 aromatic carbocycles. The van der Waals surface area contributed by atoms with Crippen molar-refractivity contribution in [3.63, 3.8) is 0 Å². The van der Waals surface area contributed by atoms with E-state index in [1.807, 2.05) is 10.9 Å². The van der Waals surface area contributed by atoms with E-state index in [0.717, 1.165) is 36.5 Å². The molecule has 5 nitrogen and oxygen atoms in total. The summed E-state index contributed by atoms with van der Waals surface area (Å²) in [5, 5.41) is 7.89. The van der Waals surface area contributed by atoms with Crippen LogP contribution in [0.3, 0.4) is 0 Å². The summed E-state index contributed by atoms with van der Waals surface area (Å²) in [5.41, 5.74) is 3.14. The van der Waals surface area contributed by atoms with Crippen LogP contribution in [0.5, 0.6) is 0 Å². The van der Waals surface area contributed by atoms with Crippen molar-refractivity contribution in [3.05, 3.63) is 30.5 Å². The van der Waals surface area contributed by atoms with Crippen molar-refractivity contribution in [1.29, 1.82) is 0 Å². The van der Waals surface area contributed by atoms with Gasteiger partial charge in [-0.15, -0.1) is 0 Å². The monoisotopic (exact) mass is 285 g/mol. The Balaban J connectivity index is 1.84. The third-order valence-corrected chi connectivity index (χ3v) is 4.06. The molecule has 1 unspecified atom stereocenters. The first-order chi connectivity index (χ1) is 10.2. The van der Waals surface area contributed by atoms with E-state index < -0.39 is 0 Å². The molecule has 21 heavy (non-hydrogen) atoms. The van der Waals surface area contributed by atoms with Gasteiger partial charge in [0.15, 0.2) is 0 Å². The molecular formula is C16H23N5. The fraction of sp³-hybridized carbons (Fsp3) is 0.562. The van der Waals surface area contributed by atoms with Crippen molar-refractivity contribution in [2.45, 2.75) is 39.2 Å². The highest BCUT2D eigenvalue weighted by Gasteiger charge is 2.18. The highest BCUT2D eigenvalue weighted by atomic mass is 15.3. The minimum absolute atomic E-state index is 0.362. The summed E-state index contributed by atoms with van der Waals surface area (Å²) in [6.07, 6.45) is 11.0. The van der Waals surface area contributed by atoms with Gasteiger partial charge in [-0.05, 0) is 52.1 Å². The zero-order chi connectivity index (χ0) is 14.7. The molecule has 1 aliphatic rings. The average Bonchev–Trinajstić information content (AvgIpc) is 2.99. The molecule has 1 N–H and O–H groups in total. The second kappa shape index (κ2) is 6.35. The summed E-state index contributed by atoms with van der Waals surface area (Å²) in [5.74, 6) is 0.661. The Morgan fingerprint density at radius 1 is 1.33 bits per heavy atom. The Bertz CT molecular complexity index is 584. The van der Waals surface area contributed by atoms with Crippen LogP contribution in [-0.4, -0.2) is 32.8 Å². The van der Waals surface area contributed by atoms with Crippen LogP contribution >= 0.6 is 0 Å². The smallest absolute Gasteiger partial charge is 0.0948 e. The van der Waals surface area contributed by atoms with Gasteiger partial charge in [-0.25, -0.2) is 0 Å². The first kappa shape index (κ1) is 14.2. The maximum atomic E-state index is 4.58. The summed E-state index contributed by atoms with van der Waals surface area (Å²) in [6.45, 7) is 6.48. The highest BCUT2D eigenvalue weighted by molar-refractivity contribution is 5.59. The Hall–Kier alpha value is -1.75. The van der Waals surface area contributed by atoms with Crippen LogP contribution in [0.25, 0.3) is 11.3 Å². The molecule has 0 aliphatic carbocycles.